The third kappa shape index (κ3) is 5.21. The molecular formula is C21H13ClF4O4. The lowest BCUT2D eigenvalue weighted by molar-refractivity contribution is -0.0498. The molecule has 0 saturated heterocycles. The van der Waals surface area contributed by atoms with E-state index in [1.54, 1.807) is 12.1 Å². The molecule has 0 spiro atoms. The molecule has 30 heavy (non-hydrogen) atoms. The van der Waals surface area contributed by atoms with Crippen molar-refractivity contribution < 1.29 is 36.6 Å². The van der Waals surface area contributed by atoms with Gasteiger partial charge in [-0.25, -0.2) is 13.6 Å². The summed E-state index contributed by atoms with van der Waals surface area (Å²) in [6, 6.07) is 11.1. The number of benzene rings is 3. The van der Waals surface area contributed by atoms with Crippen LogP contribution < -0.4 is 14.2 Å². The van der Waals surface area contributed by atoms with Crippen LogP contribution in [0.1, 0.15) is 15.9 Å². The summed E-state index contributed by atoms with van der Waals surface area (Å²) in [4.78, 5) is 12.1. The molecule has 0 aliphatic carbocycles. The predicted octanol–water partition coefficient (Wildman–Crippen LogP) is 6.54. The van der Waals surface area contributed by atoms with E-state index in [4.69, 9.17) is 21.1 Å². The lowest BCUT2D eigenvalue weighted by atomic mass is 10.2. The fraction of sp³-hybridized carbons (Fsp3) is 0.0952. The molecule has 3 rings (SSSR count). The standard InChI is InChI=1S/C21H13ClF4O4/c1-11-2-4-12(5-3-11)29-20(27)14-9-17(24)19(10-16(14)23)28-13-6-7-18(15(22)8-13)30-21(25)26/h2-10,21H,1H3. The summed E-state index contributed by atoms with van der Waals surface area (Å²) >= 11 is 5.80. The van der Waals surface area contributed by atoms with Crippen LogP contribution in [0.2, 0.25) is 5.02 Å². The Bertz CT molecular complexity index is 1070. The Morgan fingerprint density at radius 3 is 2.20 bits per heavy atom. The van der Waals surface area contributed by atoms with Crippen molar-refractivity contribution in [3.8, 4) is 23.0 Å². The Kier molecular flexibility index (Phi) is 6.47. The van der Waals surface area contributed by atoms with Crippen molar-refractivity contribution in [1.29, 1.82) is 0 Å². The molecule has 0 radical (unpaired) electrons. The summed E-state index contributed by atoms with van der Waals surface area (Å²) in [5.74, 6) is -3.94. The van der Waals surface area contributed by atoms with Crippen LogP contribution in [0.5, 0.6) is 23.0 Å². The molecular weight excluding hydrogens is 428 g/mol. The minimum absolute atomic E-state index is 0.0603. The van der Waals surface area contributed by atoms with Gasteiger partial charge < -0.3 is 14.2 Å². The number of aryl methyl sites for hydroxylation is 1. The van der Waals surface area contributed by atoms with Gasteiger partial charge in [0.05, 0.1) is 10.6 Å². The average Bonchev–Trinajstić information content (AvgIpc) is 2.68. The highest BCUT2D eigenvalue weighted by atomic mass is 35.5. The molecule has 4 nitrogen and oxygen atoms in total. The molecule has 0 fully saturated rings. The van der Waals surface area contributed by atoms with Gasteiger partial charge in [0, 0.05) is 12.1 Å². The number of carbonyl (C=O) groups excluding carboxylic acids is 1. The van der Waals surface area contributed by atoms with Crippen LogP contribution in [-0.4, -0.2) is 12.6 Å². The maximum Gasteiger partial charge on any atom is 0.387 e. The van der Waals surface area contributed by atoms with E-state index in [9.17, 15) is 22.4 Å². The molecule has 3 aromatic carbocycles. The van der Waals surface area contributed by atoms with Gasteiger partial charge in [0.1, 0.15) is 23.1 Å². The molecule has 0 heterocycles. The minimum Gasteiger partial charge on any atom is -0.454 e. The summed E-state index contributed by atoms with van der Waals surface area (Å²) in [7, 11) is 0. The molecule has 0 saturated carbocycles. The van der Waals surface area contributed by atoms with Gasteiger partial charge in [-0.15, -0.1) is 0 Å². The smallest absolute Gasteiger partial charge is 0.387 e. The zero-order chi connectivity index (χ0) is 21.8. The Morgan fingerprint density at radius 2 is 1.57 bits per heavy atom. The summed E-state index contributed by atoms with van der Waals surface area (Å²) in [6.45, 7) is -1.24. The highest BCUT2D eigenvalue weighted by Gasteiger charge is 2.20. The van der Waals surface area contributed by atoms with E-state index in [1.165, 1.54) is 18.2 Å². The van der Waals surface area contributed by atoms with Crippen molar-refractivity contribution in [3.05, 3.63) is 82.4 Å². The molecule has 0 unspecified atom stereocenters. The van der Waals surface area contributed by atoms with Crippen LogP contribution in [0.4, 0.5) is 17.6 Å². The number of halogens is 5. The number of esters is 1. The monoisotopic (exact) mass is 440 g/mol. The van der Waals surface area contributed by atoms with Crippen LogP contribution in [0.15, 0.2) is 54.6 Å². The molecule has 0 aliphatic heterocycles. The second kappa shape index (κ2) is 9.04. The molecule has 0 atom stereocenters. The minimum atomic E-state index is -3.08. The van der Waals surface area contributed by atoms with E-state index >= 15 is 0 Å². The maximum atomic E-state index is 14.4. The molecule has 0 aromatic heterocycles. The maximum absolute atomic E-state index is 14.4. The van der Waals surface area contributed by atoms with Gasteiger partial charge in [-0.1, -0.05) is 29.3 Å². The zero-order valence-corrected chi connectivity index (χ0v) is 16.1. The van der Waals surface area contributed by atoms with Crippen molar-refractivity contribution in [2.24, 2.45) is 0 Å². The fourth-order valence-electron chi connectivity index (χ4n) is 2.40. The van der Waals surface area contributed by atoms with Crippen LogP contribution in [0.25, 0.3) is 0 Å². The van der Waals surface area contributed by atoms with E-state index in [1.807, 2.05) is 6.92 Å². The van der Waals surface area contributed by atoms with E-state index in [0.717, 1.165) is 17.7 Å². The van der Waals surface area contributed by atoms with Gasteiger partial charge >= 0.3 is 12.6 Å². The highest BCUT2D eigenvalue weighted by Crippen LogP contribution is 2.33. The summed E-state index contributed by atoms with van der Waals surface area (Å²) in [5, 5.41) is -0.216. The van der Waals surface area contributed by atoms with Gasteiger partial charge in [0.15, 0.2) is 11.6 Å². The molecule has 156 valence electrons. The Balaban J connectivity index is 1.78. The Labute approximate surface area is 173 Å². The number of alkyl halides is 2. The quantitative estimate of drug-likeness (QED) is 0.248. The molecule has 3 aromatic rings. The number of rotatable bonds is 6. The summed E-state index contributed by atoms with van der Waals surface area (Å²) < 4.78 is 67.7. The van der Waals surface area contributed by atoms with E-state index in [0.29, 0.717) is 12.1 Å². The largest absolute Gasteiger partial charge is 0.454 e. The van der Waals surface area contributed by atoms with Crippen molar-refractivity contribution >= 4 is 17.6 Å². The molecule has 9 heteroatoms. The van der Waals surface area contributed by atoms with Gasteiger partial charge in [0.25, 0.3) is 0 Å². The second-order valence-electron chi connectivity index (χ2n) is 6.04. The zero-order valence-electron chi connectivity index (χ0n) is 15.3. The third-order valence-electron chi connectivity index (χ3n) is 3.82. The normalized spacial score (nSPS) is 10.8. The SMILES string of the molecule is Cc1ccc(OC(=O)c2cc(F)c(Oc3ccc(OC(F)F)c(Cl)c3)cc2F)cc1. The number of hydrogen-bond acceptors (Lipinski definition) is 4. The van der Waals surface area contributed by atoms with E-state index in [-0.39, 0.29) is 22.3 Å². The predicted molar refractivity (Wildman–Crippen MR) is 101 cm³/mol. The van der Waals surface area contributed by atoms with Crippen molar-refractivity contribution in [3.63, 3.8) is 0 Å². The molecule has 0 aliphatic rings. The van der Waals surface area contributed by atoms with Gasteiger partial charge in [-0.05, 0) is 37.3 Å². The van der Waals surface area contributed by atoms with Crippen molar-refractivity contribution in [2.75, 3.05) is 0 Å². The van der Waals surface area contributed by atoms with E-state index in [2.05, 4.69) is 4.74 Å². The lowest BCUT2D eigenvalue weighted by Crippen LogP contribution is -2.11. The summed E-state index contributed by atoms with van der Waals surface area (Å²) in [6.07, 6.45) is 0. The van der Waals surface area contributed by atoms with Crippen LogP contribution in [0.3, 0.4) is 0 Å². The fourth-order valence-corrected chi connectivity index (χ4v) is 2.61. The average molecular weight is 441 g/mol. The second-order valence-corrected chi connectivity index (χ2v) is 6.45. The van der Waals surface area contributed by atoms with Gasteiger partial charge in [0.2, 0.25) is 0 Å². The lowest BCUT2D eigenvalue weighted by Gasteiger charge is -2.11. The van der Waals surface area contributed by atoms with Gasteiger partial charge in [-0.2, -0.15) is 8.78 Å². The topological polar surface area (TPSA) is 44.8 Å². The Hall–Kier alpha value is -3.26. The Morgan fingerprint density at radius 1 is 0.900 bits per heavy atom. The molecule has 0 N–H and O–H groups in total. The summed E-state index contributed by atoms with van der Waals surface area (Å²) in [5.41, 5.74) is 0.307. The first-order chi connectivity index (χ1) is 14.2. The first-order valence-electron chi connectivity index (χ1n) is 8.43. The van der Waals surface area contributed by atoms with Crippen molar-refractivity contribution in [2.45, 2.75) is 13.5 Å². The van der Waals surface area contributed by atoms with Crippen LogP contribution in [-0.2, 0) is 0 Å². The first kappa shape index (κ1) is 21.4. The number of hydrogen-bond donors (Lipinski definition) is 0. The first-order valence-corrected chi connectivity index (χ1v) is 8.81. The van der Waals surface area contributed by atoms with Gasteiger partial charge in [-0.3, -0.25) is 0 Å². The van der Waals surface area contributed by atoms with E-state index < -0.39 is 35.5 Å². The third-order valence-corrected chi connectivity index (χ3v) is 4.12. The number of ether oxygens (including phenoxy) is 3. The number of carbonyl (C=O) groups is 1. The van der Waals surface area contributed by atoms with Crippen LogP contribution >= 0.6 is 11.6 Å². The molecule has 0 bridgehead atoms. The van der Waals surface area contributed by atoms with Crippen molar-refractivity contribution in [1.82, 2.24) is 0 Å². The highest BCUT2D eigenvalue weighted by molar-refractivity contribution is 6.32. The molecule has 0 amide bonds. The van der Waals surface area contributed by atoms with Crippen LogP contribution in [0, 0.1) is 18.6 Å².